The number of esters is 1. The molecule has 136 valence electrons. The smallest absolute Gasteiger partial charge is 0.337 e. The Balaban J connectivity index is 1.95. The number of fused-ring (bicyclic) bond motifs is 1. The van der Waals surface area contributed by atoms with Crippen molar-refractivity contribution < 1.29 is 14.3 Å². The quantitative estimate of drug-likeness (QED) is 0.483. The summed E-state index contributed by atoms with van der Waals surface area (Å²) in [7, 11) is 1.35. The lowest BCUT2D eigenvalue weighted by Gasteiger charge is -2.08. The van der Waals surface area contributed by atoms with E-state index in [2.05, 4.69) is 30.9 Å². The molecular formula is C17H18BrN5O3. The molecule has 3 aromatic rings. The van der Waals surface area contributed by atoms with Crippen LogP contribution in [0.25, 0.3) is 11.2 Å². The Hall–Kier alpha value is -2.68. The van der Waals surface area contributed by atoms with Crippen molar-refractivity contribution in [2.45, 2.75) is 19.9 Å². The van der Waals surface area contributed by atoms with Crippen LogP contribution in [0.3, 0.4) is 0 Å². The van der Waals surface area contributed by atoms with E-state index in [1.807, 2.05) is 23.6 Å². The molecule has 0 unspecified atom stereocenters. The number of aromatic nitrogens is 4. The molecule has 0 atom stereocenters. The number of hydrogen-bond acceptors (Lipinski definition) is 7. The Morgan fingerprint density at radius 1 is 1.23 bits per heavy atom. The highest BCUT2D eigenvalue weighted by atomic mass is 79.9. The van der Waals surface area contributed by atoms with Gasteiger partial charge >= 0.3 is 12.0 Å². The molecule has 2 heterocycles. The minimum absolute atomic E-state index is 0.228. The van der Waals surface area contributed by atoms with Gasteiger partial charge in [0.2, 0.25) is 0 Å². The van der Waals surface area contributed by atoms with Crippen molar-refractivity contribution in [3.05, 3.63) is 40.1 Å². The van der Waals surface area contributed by atoms with Crippen molar-refractivity contribution in [3.8, 4) is 6.01 Å². The molecule has 0 fully saturated rings. The molecule has 8 nitrogen and oxygen atoms in total. The van der Waals surface area contributed by atoms with Gasteiger partial charge in [-0.2, -0.15) is 9.97 Å². The van der Waals surface area contributed by atoms with Gasteiger partial charge in [0, 0.05) is 0 Å². The van der Waals surface area contributed by atoms with Gasteiger partial charge in [-0.25, -0.2) is 9.78 Å². The van der Waals surface area contributed by atoms with E-state index in [9.17, 15) is 4.79 Å². The van der Waals surface area contributed by atoms with Gasteiger partial charge < -0.3 is 15.2 Å². The summed E-state index contributed by atoms with van der Waals surface area (Å²) in [5, 5.41) is 0. The standard InChI is InChI=1S/C17H18BrN5O3/c1-3-8-26-17-21-13(19)12-14(22-17)23(16(18)20-12)9-10-4-6-11(7-5-10)15(24)25-2/h4-7H,3,8-9H2,1-2H3,(H2,19,21,22). The van der Waals surface area contributed by atoms with E-state index in [0.29, 0.717) is 34.6 Å². The molecule has 0 saturated carbocycles. The lowest BCUT2D eigenvalue weighted by molar-refractivity contribution is 0.0600. The van der Waals surface area contributed by atoms with Crippen molar-refractivity contribution in [3.63, 3.8) is 0 Å². The zero-order chi connectivity index (χ0) is 18.7. The van der Waals surface area contributed by atoms with Crippen molar-refractivity contribution in [1.82, 2.24) is 19.5 Å². The van der Waals surface area contributed by atoms with Crippen LogP contribution in [0.4, 0.5) is 5.82 Å². The van der Waals surface area contributed by atoms with Gasteiger partial charge in [-0.15, -0.1) is 0 Å². The predicted molar refractivity (Wildman–Crippen MR) is 100 cm³/mol. The van der Waals surface area contributed by atoms with E-state index < -0.39 is 0 Å². The Morgan fingerprint density at radius 2 is 1.96 bits per heavy atom. The van der Waals surface area contributed by atoms with E-state index >= 15 is 0 Å². The number of anilines is 1. The topological polar surface area (TPSA) is 105 Å². The van der Waals surface area contributed by atoms with Gasteiger partial charge in [-0.05, 0) is 40.0 Å². The van der Waals surface area contributed by atoms with Gasteiger partial charge in [0.25, 0.3) is 0 Å². The second-order valence-corrected chi connectivity index (χ2v) is 6.28. The largest absolute Gasteiger partial charge is 0.465 e. The number of nitrogens with two attached hydrogens (primary N) is 1. The minimum atomic E-state index is -0.371. The molecule has 0 saturated heterocycles. The second kappa shape index (κ2) is 7.69. The van der Waals surface area contributed by atoms with Gasteiger partial charge in [0.05, 0.1) is 25.8 Å². The maximum absolute atomic E-state index is 11.5. The zero-order valence-corrected chi connectivity index (χ0v) is 16.0. The van der Waals surface area contributed by atoms with Crippen molar-refractivity contribution >= 4 is 38.9 Å². The third-order valence-corrected chi connectivity index (χ3v) is 4.31. The van der Waals surface area contributed by atoms with Crippen LogP contribution >= 0.6 is 15.9 Å². The van der Waals surface area contributed by atoms with Crippen LogP contribution in [-0.4, -0.2) is 39.2 Å². The predicted octanol–water partition coefficient (Wildman–Crippen LogP) is 2.79. The van der Waals surface area contributed by atoms with Crippen molar-refractivity contribution in [2.75, 3.05) is 19.5 Å². The number of nitrogens with zero attached hydrogens (tertiary/aromatic N) is 4. The molecule has 0 aliphatic rings. The summed E-state index contributed by atoms with van der Waals surface area (Å²) in [5.41, 5.74) is 8.53. The van der Waals surface area contributed by atoms with Crippen LogP contribution in [0.1, 0.15) is 29.3 Å². The number of imidazole rings is 1. The molecule has 2 N–H and O–H groups in total. The molecule has 1 aromatic carbocycles. The van der Waals surface area contributed by atoms with Crippen molar-refractivity contribution in [2.24, 2.45) is 0 Å². The lowest BCUT2D eigenvalue weighted by Crippen LogP contribution is -2.06. The fourth-order valence-corrected chi connectivity index (χ4v) is 2.89. The highest BCUT2D eigenvalue weighted by molar-refractivity contribution is 9.10. The Labute approximate surface area is 158 Å². The molecule has 0 radical (unpaired) electrons. The van der Waals surface area contributed by atoms with Crippen LogP contribution < -0.4 is 10.5 Å². The van der Waals surface area contributed by atoms with Crippen LogP contribution in [0, 0.1) is 0 Å². The Kier molecular flexibility index (Phi) is 5.36. The molecule has 3 rings (SSSR count). The summed E-state index contributed by atoms with van der Waals surface area (Å²) in [6.07, 6.45) is 0.844. The number of carbonyl (C=O) groups is 1. The first-order valence-electron chi connectivity index (χ1n) is 8.02. The highest BCUT2D eigenvalue weighted by Crippen LogP contribution is 2.25. The third-order valence-electron chi connectivity index (χ3n) is 3.71. The Morgan fingerprint density at radius 3 is 2.62 bits per heavy atom. The number of halogens is 1. The molecule has 0 aliphatic heterocycles. The molecule has 0 aliphatic carbocycles. The first-order valence-corrected chi connectivity index (χ1v) is 8.82. The van der Waals surface area contributed by atoms with E-state index in [1.54, 1.807) is 12.1 Å². The number of nitrogen functional groups attached to an aromatic ring is 1. The van der Waals surface area contributed by atoms with E-state index in [0.717, 1.165) is 12.0 Å². The van der Waals surface area contributed by atoms with Crippen LogP contribution in [0.2, 0.25) is 0 Å². The lowest BCUT2D eigenvalue weighted by atomic mass is 10.1. The summed E-state index contributed by atoms with van der Waals surface area (Å²) >= 11 is 3.44. The van der Waals surface area contributed by atoms with E-state index in [4.69, 9.17) is 15.2 Å². The number of carbonyl (C=O) groups excluding carboxylic acids is 1. The molecule has 2 aromatic heterocycles. The summed E-state index contributed by atoms with van der Waals surface area (Å²) < 4.78 is 12.7. The maximum Gasteiger partial charge on any atom is 0.337 e. The fourth-order valence-electron chi connectivity index (χ4n) is 2.42. The summed E-state index contributed by atoms with van der Waals surface area (Å²) in [6, 6.07) is 7.36. The molecule has 0 spiro atoms. The first-order chi connectivity index (χ1) is 12.5. The van der Waals surface area contributed by atoms with E-state index in [-0.39, 0.29) is 17.8 Å². The monoisotopic (exact) mass is 419 g/mol. The maximum atomic E-state index is 11.5. The first kappa shape index (κ1) is 18.1. The average molecular weight is 420 g/mol. The second-order valence-electron chi connectivity index (χ2n) is 5.57. The highest BCUT2D eigenvalue weighted by Gasteiger charge is 2.16. The molecule has 9 heteroatoms. The van der Waals surface area contributed by atoms with Gasteiger partial charge in [0.1, 0.15) is 0 Å². The summed E-state index contributed by atoms with van der Waals surface area (Å²) in [5.74, 6) is -0.106. The summed E-state index contributed by atoms with van der Waals surface area (Å²) in [6.45, 7) is 3.00. The van der Waals surface area contributed by atoms with Crippen molar-refractivity contribution in [1.29, 1.82) is 0 Å². The Bertz CT molecular complexity index is 940. The number of rotatable bonds is 6. The van der Waals surface area contributed by atoms with Gasteiger partial charge in [0.15, 0.2) is 21.7 Å². The molecular weight excluding hydrogens is 402 g/mol. The van der Waals surface area contributed by atoms with Crippen LogP contribution in [0.5, 0.6) is 6.01 Å². The molecule has 26 heavy (non-hydrogen) atoms. The van der Waals surface area contributed by atoms with E-state index in [1.165, 1.54) is 7.11 Å². The van der Waals surface area contributed by atoms with Crippen LogP contribution in [0.15, 0.2) is 29.0 Å². The average Bonchev–Trinajstić information content (AvgIpc) is 2.96. The fraction of sp³-hybridized carbons (Fsp3) is 0.294. The molecule has 0 bridgehead atoms. The number of ether oxygens (including phenoxy) is 2. The number of benzene rings is 1. The minimum Gasteiger partial charge on any atom is -0.465 e. The third kappa shape index (κ3) is 3.62. The molecule has 0 amide bonds. The zero-order valence-electron chi connectivity index (χ0n) is 14.4. The summed E-state index contributed by atoms with van der Waals surface area (Å²) in [4.78, 5) is 24.5. The normalized spacial score (nSPS) is 10.9. The van der Waals surface area contributed by atoms with Gasteiger partial charge in [-0.3, -0.25) is 4.57 Å². The number of methoxy groups -OCH3 is 1. The van der Waals surface area contributed by atoms with Gasteiger partial charge in [-0.1, -0.05) is 19.1 Å². The number of hydrogen-bond donors (Lipinski definition) is 1. The SMILES string of the molecule is CCCOc1nc(N)c2nc(Br)n(Cc3ccc(C(=O)OC)cc3)c2n1. The van der Waals surface area contributed by atoms with Crippen LogP contribution in [-0.2, 0) is 11.3 Å².